The number of nitrogens with zero attached hydrogens (tertiary/aromatic N) is 1. The molecule has 0 spiro atoms. The highest BCUT2D eigenvalue weighted by molar-refractivity contribution is 7.91. The normalized spacial score (nSPS) is 16.5. The van der Waals surface area contributed by atoms with Gasteiger partial charge in [0, 0.05) is 5.39 Å². The minimum Gasteiger partial charge on any atom is -0.477 e. The van der Waals surface area contributed by atoms with Gasteiger partial charge in [0.25, 0.3) is 0 Å². The number of carboxylic acid groups (broad SMARTS) is 1. The lowest BCUT2D eigenvalue weighted by atomic mass is 10.4. The number of hydrogen-bond donors (Lipinski definition) is 1. The van der Waals surface area contributed by atoms with Crippen LogP contribution in [0.5, 0.6) is 0 Å². The number of carboxylic acids is 1. The van der Waals surface area contributed by atoms with E-state index >= 15 is 0 Å². The Bertz CT molecular complexity index is 706. The molecule has 17 heavy (non-hydrogen) atoms. The molecule has 1 fully saturated rings. The largest absolute Gasteiger partial charge is 0.477 e. The van der Waals surface area contributed by atoms with Gasteiger partial charge in [0.05, 0.1) is 5.25 Å². The lowest BCUT2D eigenvalue weighted by molar-refractivity contribution is 0.0689. The second-order valence-corrected chi connectivity index (χ2v) is 6.98. The second kappa shape index (κ2) is 3.33. The Hall–Kier alpha value is -1.34. The zero-order valence-electron chi connectivity index (χ0n) is 8.66. The molecule has 0 radical (unpaired) electrons. The van der Waals surface area contributed by atoms with Crippen molar-refractivity contribution in [3.05, 3.63) is 23.2 Å². The zero-order valence-corrected chi connectivity index (χ0v) is 10.3. The van der Waals surface area contributed by atoms with Crippen LogP contribution < -0.4 is 0 Å². The predicted octanol–water partition coefficient (Wildman–Crippen LogP) is 1.74. The molecular weight excluding hydrogens is 262 g/mol. The summed E-state index contributed by atoms with van der Waals surface area (Å²) >= 11 is 1.24. The smallest absolute Gasteiger partial charge is 0.353 e. The maximum Gasteiger partial charge on any atom is 0.353 e. The van der Waals surface area contributed by atoms with Crippen molar-refractivity contribution in [2.45, 2.75) is 18.1 Å². The number of thiophene rings is 1. The Morgan fingerprint density at radius 2 is 2.18 bits per heavy atom. The van der Waals surface area contributed by atoms with E-state index in [0.29, 0.717) is 23.1 Å². The molecule has 7 heteroatoms. The summed E-state index contributed by atoms with van der Waals surface area (Å²) in [6, 6.07) is 3.14. The topological polar surface area (TPSA) is 76.4 Å². The van der Waals surface area contributed by atoms with Gasteiger partial charge in [0.2, 0.25) is 10.0 Å². The highest BCUT2D eigenvalue weighted by Crippen LogP contribution is 2.35. The fourth-order valence-corrected chi connectivity index (χ4v) is 4.83. The average molecular weight is 271 g/mol. The van der Waals surface area contributed by atoms with Crippen LogP contribution in [-0.4, -0.2) is 28.7 Å². The van der Waals surface area contributed by atoms with Crippen molar-refractivity contribution in [1.29, 1.82) is 0 Å². The number of rotatable bonds is 3. The van der Waals surface area contributed by atoms with Crippen LogP contribution in [0.4, 0.5) is 0 Å². The first-order valence-electron chi connectivity index (χ1n) is 5.08. The molecule has 1 saturated carbocycles. The van der Waals surface area contributed by atoms with E-state index in [2.05, 4.69) is 0 Å². The van der Waals surface area contributed by atoms with Crippen molar-refractivity contribution in [2.75, 3.05) is 0 Å². The molecule has 0 atom stereocenters. The van der Waals surface area contributed by atoms with E-state index in [9.17, 15) is 13.2 Å². The fraction of sp³-hybridized carbons (Fsp3) is 0.300. The van der Waals surface area contributed by atoms with E-state index < -0.39 is 21.2 Å². The maximum absolute atomic E-state index is 12.2. The van der Waals surface area contributed by atoms with E-state index in [1.54, 1.807) is 11.4 Å². The summed E-state index contributed by atoms with van der Waals surface area (Å²) in [5.74, 6) is -1.21. The minimum atomic E-state index is -3.55. The number of carbonyl (C=O) groups is 1. The molecular formula is C10H9NO4S2. The molecule has 3 rings (SSSR count). The molecule has 2 aromatic heterocycles. The Kier molecular flexibility index (Phi) is 2.11. The van der Waals surface area contributed by atoms with E-state index in [-0.39, 0.29) is 5.69 Å². The molecule has 0 saturated heterocycles. The van der Waals surface area contributed by atoms with Crippen LogP contribution in [0.1, 0.15) is 23.3 Å². The number of aromatic carboxylic acids is 1. The summed E-state index contributed by atoms with van der Waals surface area (Å²) in [5.41, 5.74) is -0.168. The molecule has 0 unspecified atom stereocenters. The Balaban J connectivity index is 2.35. The first-order valence-corrected chi connectivity index (χ1v) is 7.47. The Morgan fingerprint density at radius 3 is 2.76 bits per heavy atom. The van der Waals surface area contributed by atoms with Gasteiger partial charge >= 0.3 is 5.97 Å². The van der Waals surface area contributed by atoms with Crippen molar-refractivity contribution in [2.24, 2.45) is 0 Å². The summed E-state index contributed by atoms with van der Waals surface area (Å²) in [6.45, 7) is 0. The van der Waals surface area contributed by atoms with Gasteiger partial charge < -0.3 is 5.11 Å². The molecule has 2 heterocycles. The first-order chi connectivity index (χ1) is 8.01. The van der Waals surface area contributed by atoms with Gasteiger partial charge in [-0.05, 0) is 30.4 Å². The monoisotopic (exact) mass is 271 g/mol. The third kappa shape index (κ3) is 1.49. The number of aromatic nitrogens is 1. The van der Waals surface area contributed by atoms with Crippen LogP contribution in [0.25, 0.3) is 10.2 Å². The van der Waals surface area contributed by atoms with Crippen molar-refractivity contribution in [3.8, 4) is 0 Å². The lowest BCUT2D eigenvalue weighted by Crippen LogP contribution is -2.21. The first kappa shape index (κ1) is 10.8. The molecule has 2 aromatic rings. The van der Waals surface area contributed by atoms with Crippen molar-refractivity contribution in [3.63, 3.8) is 0 Å². The number of fused-ring (bicyclic) bond motifs is 1. The van der Waals surface area contributed by atoms with E-state index in [4.69, 9.17) is 5.11 Å². The number of hydrogen-bond acceptors (Lipinski definition) is 4. The van der Waals surface area contributed by atoms with Gasteiger partial charge in [0.1, 0.15) is 10.5 Å². The van der Waals surface area contributed by atoms with Gasteiger partial charge in [-0.25, -0.2) is 17.2 Å². The van der Waals surface area contributed by atoms with E-state index in [1.165, 1.54) is 17.4 Å². The predicted molar refractivity (Wildman–Crippen MR) is 64.1 cm³/mol. The quantitative estimate of drug-likeness (QED) is 0.922. The third-order valence-electron chi connectivity index (χ3n) is 2.79. The molecule has 1 aliphatic carbocycles. The van der Waals surface area contributed by atoms with E-state index in [0.717, 1.165) is 3.97 Å². The molecule has 90 valence electrons. The molecule has 5 nitrogen and oxygen atoms in total. The fourth-order valence-electron chi connectivity index (χ4n) is 1.82. The molecule has 1 aliphatic rings. The lowest BCUT2D eigenvalue weighted by Gasteiger charge is -2.07. The minimum absolute atomic E-state index is 0.168. The SMILES string of the molecule is O=C(O)c1cc2ccsc2n1S(=O)(=O)C1CC1. The average Bonchev–Trinajstić information content (AvgIpc) is 2.89. The van der Waals surface area contributed by atoms with Crippen molar-refractivity contribution < 1.29 is 18.3 Å². The van der Waals surface area contributed by atoms with Gasteiger partial charge in [-0.1, -0.05) is 0 Å². The summed E-state index contributed by atoms with van der Waals surface area (Å²) in [6.07, 6.45) is 1.24. The van der Waals surface area contributed by atoms with Crippen LogP contribution in [0.15, 0.2) is 17.5 Å². The summed E-state index contributed by atoms with van der Waals surface area (Å²) in [5, 5.41) is 11.1. The molecule has 0 aliphatic heterocycles. The summed E-state index contributed by atoms with van der Waals surface area (Å²) in [7, 11) is -3.55. The molecule has 1 N–H and O–H groups in total. The summed E-state index contributed by atoms with van der Waals surface area (Å²) < 4.78 is 25.4. The van der Waals surface area contributed by atoms with E-state index in [1.807, 2.05) is 0 Å². The molecule has 0 bridgehead atoms. The van der Waals surface area contributed by atoms with Crippen LogP contribution >= 0.6 is 11.3 Å². The Labute approximate surface area is 101 Å². The second-order valence-electron chi connectivity index (χ2n) is 4.02. The molecule has 0 aromatic carbocycles. The molecule has 0 amide bonds. The van der Waals surface area contributed by atoms with Crippen molar-refractivity contribution in [1.82, 2.24) is 3.97 Å². The maximum atomic E-state index is 12.2. The van der Waals surface area contributed by atoms with Gasteiger partial charge in [0.15, 0.2) is 0 Å². The summed E-state index contributed by atoms with van der Waals surface area (Å²) in [4.78, 5) is 11.6. The van der Waals surface area contributed by atoms with Crippen LogP contribution in [0.2, 0.25) is 0 Å². The van der Waals surface area contributed by atoms with Gasteiger partial charge in [-0.15, -0.1) is 11.3 Å². The van der Waals surface area contributed by atoms with Crippen LogP contribution in [-0.2, 0) is 10.0 Å². The van der Waals surface area contributed by atoms with Gasteiger partial charge in [-0.3, -0.25) is 0 Å². The van der Waals surface area contributed by atoms with Crippen LogP contribution in [0.3, 0.4) is 0 Å². The Morgan fingerprint density at radius 1 is 1.47 bits per heavy atom. The zero-order chi connectivity index (χ0) is 12.2. The third-order valence-corrected chi connectivity index (χ3v) is 6.02. The van der Waals surface area contributed by atoms with Crippen LogP contribution in [0, 0.1) is 0 Å². The van der Waals surface area contributed by atoms with Gasteiger partial charge in [-0.2, -0.15) is 0 Å². The van der Waals surface area contributed by atoms with Crippen molar-refractivity contribution >= 4 is 37.5 Å². The highest BCUT2D eigenvalue weighted by atomic mass is 32.2. The highest BCUT2D eigenvalue weighted by Gasteiger charge is 2.39. The standard InChI is InChI=1S/C10H9NO4S2/c12-10(13)8-5-6-3-4-16-9(6)11(8)17(14,15)7-1-2-7/h3-5,7H,1-2H2,(H,12,13).